The van der Waals surface area contributed by atoms with E-state index in [4.69, 9.17) is 23.7 Å². The first-order chi connectivity index (χ1) is 15.0. The van der Waals surface area contributed by atoms with Crippen LogP contribution < -0.4 is 0 Å². The Bertz CT molecular complexity index is 842. The van der Waals surface area contributed by atoms with Gasteiger partial charge in [-0.2, -0.15) is 0 Å². The second-order valence-corrected chi connectivity index (χ2v) is 8.23. The van der Waals surface area contributed by atoms with Gasteiger partial charge in [-0.25, -0.2) is 0 Å². The minimum Gasteiger partial charge on any atom is -0.364 e. The maximum Gasteiger partial charge on any atom is 0.184 e. The van der Waals surface area contributed by atoms with E-state index in [9.17, 15) is 4.79 Å². The van der Waals surface area contributed by atoms with Crippen LogP contribution in [0.3, 0.4) is 0 Å². The van der Waals surface area contributed by atoms with Crippen LogP contribution in [0, 0.1) is 5.92 Å². The summed E-state index contributed by atoms with van der Waals surface area (Å²) >= 11 is 0. The van der Waals surface area contributed by atoms with Gasteiger partial charge in [-0.3, -0.25) is 4.79 Å². The van der Waals surface area contributed by atoms with Crippen LogP contribution >= 0.6 is 0 Å². The molecule has 0 amide bonds. The van der Waals surface area contributed by atoms with E-state index in [1.165, 1.54) is 6.92 Å². The molecule has 2 aromatic carbocycles. The second kappa shape index (κ2) is 10.0. The van der Waals surface area contributed by atoms with Gasteiger partial charge >= 0.3 is 0 Å². The van der Waals surface area contributed by atoms with Crippen LogP contribution in [-0.4, -0.2) is 43.1 Å². The minimum atomic E-state index is -0.539. The van der Waals surface area contributed by atoms with E-state index >= 15 is 0 Å². The summed E-state index contributed by atoms with van der Waals surface area (Å²) in [4.78, 5) is 11.9. The van der Waals surface area contributed by atoms with E-state index in [0.29, 0.717) is 13.2 Å². The number of ether oxygens (including phenoxy) is 5. The highest BCUT2D eigenvalue weighted by atomic mass is 16.7. The number of hydrogen-bond donors (Lipinski definition) is 0. The molecular formula is C25H30O6. The number of hydrogen-bond acceptors (Lipinski definition) is 6. The van der Waals surface area contributed by atoms with Crippen molar-refractivity contribution in [3.63, 3.8) is 0 Å². The Kier molecular flexibility index (Phi) is 7.15. The molecule has 0 aliphatic carbocycles. The molecule has 2 aliphatic heterocycles. The smallest absolute Gasteiger partial charge is 0.184 e. The van der Waals surface area contributed by atoms with Crippen molar-refractivity contribution in [1.82, 2.24) is 0 Å². The van der Waals surface area contributed by atoms with Crippen molar-refractivity contribution in [2.75, 3.05) is 6.61 Å². The predicted octanol–water partition coefficient (Wildman–Crippen LogP) is 4.04. The van der Waals surface area contributed by atoms with Gasteiger partial charge in [0.15, 0.2) is 18.4 Å². The highest BCUT2D eigenvalue weighted by molar-refractivity contribution is 5.79. The third kappa shape index (κ3) is 5.22. The molecule has 2 aliphatic rings. The van der Waals surface area contributed by atoms with Gasteiger partial charge in [0.1, 0.15) is 18.3 Å². The summed E-state index contributed by atoms with van der Waals surface area (Å²) in [5.41, 5.74) is 2.00. The molecule has 3 unspecified atom stereocenters. The summed E-state index contributed by atoms with van der Waals surface area (Å²) < 4.78 is 30.8. The highest BCUT2D eigenvalue weighted by Gasteiger charge is 2.50. The number of carbonyl (C=O) groups is 1. The molecule has 0 radical (unpaired) electrons. The van der Waals surface area contributed by atoms with Crippen LogP contribution in [0.5, 0.6) is 0 Å². The zero-order chi connectivity index (χ0) is 21.8. The summed E-state index contributed by atoms with van der Waals surface area (Å²) in [6.07, 6.45) is -2.62. The van der Waals surface area contributed by atoms with Crippen molar-refractivity contribution in [2.45, 2.75) is 64.4 Å². The lowest BCUT2D eigenvalue weighted by atomic mass is 9.91. The van der Waals surface area contributed by atoms with Gasteiger partial charge in [0.25, 0.3) is 0 Å². The summed E-state index contributed by atoms with van der Waals surface area (Å²) in [5, 5.41) is 0. The van der Waals surface area contributed by atoms with E-state index in [2.05, 4.69) is 0 Å². The van der Waals surface area contributed by atoms with Crippen LogP contribution in [0.15, 0.2) is 60.7 Å². The highest BCUT2D eigenvalue weighted by Crippen LogP contribution is 2.38. The van der Waals surface area contributed by atoms with Crippen molar-refractivity contribution in [3.8, 4) is 0 Å². The maximum absolute atomic E-state index is 11.9. The molecule has 4 rings (SSSR count). The largest absolute Gasteiger partial charge is 0.364 e. The average Bonchev–Trinajstić information content (AvgIpc) is 2.80. The summed E-state index contributed by atoms with van der Waals surface area (Å²) in [5.74, 6) is -0.162. The third-order valence-electron chi connectivity index (χ3n) is 5.90. The summed E-state index contributed by atoms with van der Waals surface area (Å²) in [7, 11) is 0. The predicted molar refractivity (Wildman–Crippen MR) is 114 cm³/mol. The molecule has 0 spiro atoms. The Labute approximate surface area is 183 Å². The monoisotopic (exact) mass is 426 g/mol. The van der Waals surface area contributed by atoms with Crippen molar-refractivity contribution >= 4 is 5.78 Å². The average molecular weight is 427 g/mol. The first-order valence-electron chi connectivity index (χ1n) is 10.8. The fraction of sp³-hybridized carbons (Fsp3) is 0.480. The number of ketones is 1. The Hall–Kier alpha value is -2.09. The van der Waals surface area contributed by atoms with Crippen molar-refractivity contribution in [1.29, 1.82) is 0 Å². The molecule has 6 heteroatoms. The van der Waals surface area contributed by atoms with Gasteiger partial charge in [-0.1, -0.05) is 67.6 Å². The number of benzene rings is 2. The number of Topliss-reactive ketones (excluding diaryl/α,β-unsaturated/α-hetero) is 1. The quantitative estimate of drug-likeness (QED) is 0.666. The Balaban J connectivity index is 1.51. The van der Waals surface area contributed by atoms with Gasteiger partial charge in [0.2, 0.25) is 0 Å². The molecule has 0 saturated carbocycles. The first kappa shape index (κ1) is 22.1. The molecule has 0 aromatic heterocycles. The van der Waals surface area contributed by atoms with Gasteiger partial charge in [0, 0.05) is 11.5 Å². The SMILES string of the molecule is CC(=O)[C@@H](C)OC1[C@@H]2OC(c3ccccc3)OCC2O[C@@H](OCc2ccccc2)[C@H]1C. The molecule has 31 heavy (non-hydrogen) atoms. The second-order valence-electron chi connectivity index (χ2n) is 8.23. The molecule has 2 saturated heterocycles. The molecule has 0 N–H and O–H groups in total. The van der Waals surface area contributed by atoms with E-state index in [1.807, 2.05) is 67.6 Å². The van der Waals surface area contributed by atoms with Crippen LogP contribution in [0.2, 0.25) is 0 Å². The van der Waals surface area contributed by atoms with E-state index in [1.54, 1.807) is 6.92 Å². The van der Waals surface area contributed by atoms with Crippen molar-refractivity contribution < 1.29 is 28.5 Å². The Morgan fingerprint density at radius 2 is 1.74 bits per heavy atom. The van der Waals surface area contributed by atoms with Gasteiger partial charge in [-0.15, -0.1) is 0 Å². The van der Waals surface area contributed by atoms with E-state index < -0.39 is 18.7 Å². The molecule has 2 heterocycles. The van der Waals surface area contributed by atoms with Crippen LogP contribution in [0.4, 0.5) is 0 Å². The molecule has 6 nitrogen and oxygen atoms in total. The first-order valence-corrected chi connectivity index (χ1v) is 10.8. The Morgan fingerprint density at radius 1 is 1.06 bits per heavy atom. The van der Waals surface area contributed by atoms with Gasteiger partial charge in [0.05, 0.1) is 19.3 Å². The molecule has 166 valence electrons. The zero-order valence-electron chi connectivity index (χ0n) is 18.2. The fourth-order valence-electron chi connectivity index (χ4n) is 3.96. The molecule has 7 atom stereocenters. The van der Waals surface area contributed by atoms with E-state index in [-0.39, 0.29) is 30.0 Å². The van der Waals surface area contributed by atoms with Gasteiger partial charge in [-0.05, 0) is 19.4 Å². The number of fused-ring (bicyclic) bond motifs is 1. The van der Waals surface area contributed by atoms with E-state index in [0.717, 1.165) is 11.1 Å². The van der Waals surface area contributed by atoms with Crippen molar-refractivity contribution in [3.05, 3.63) is 71.8 Å². The zero-order valence-corrected chi connectivity index (χ0v) is 18.2. The standard InChI is InChI=1S/C25H30O6/c1-16-22(29-18(3)17(2)26)23-21(15-28-25(31-23)20-12-8-5-9-13-20)30-24(16)27-14-19-10-6-4-7-11-19/h4-13,16,18,21-25H,14-15H2,1-3H3/t16-,18+,21?,22?,23+,24+,25?/m0/s1. The van der Waals surface area contributed by atoms with Gasteiger partial charge < -0.3 is 23.7 Å². The fourth-order valence-corrected chi connectivity index (χ4v) is 3.96. The normalized spacial score (nSPS) is 31.6. The molecular weight excluding hydrogens is 396 g/mol. The lowest BCUT2D eigenvalue weighted by Crippen LogP contribution is -2.60. The maximum atomic E-state index is 11.9. The lowest BCUT2D eigenvalue weighted by molar-refractivity contribution is -0.359. The third-order valence-corrected chi connectivity index (χ3v) is 5.90. The lowest BCUT2D eigenvalue weighted by Gasteiger charge is -2.49. The summed E-state index contributed by atoms with van der Waals surface area (Å²) in [6, 6.07) is 19.8. The topological polar surface area (TPSA) is 63.2 Å². The minimum absolute atomic E-state index is 0.0244. The van der Waals surface area contributed by atoms with Crippen LogP contribution in [0.25, 0.3) is 0 Å². The van der Waals surface area contributed by atoms with Crippen LogP contribution in [0.1, 0.15) is 38.2 Å². The number of carbonyl (C=O) groups excluding carboxylic acids is 1. The van der Waals surface area contributed by atoms with Crippen LogP contribution in [-0.2, 0) is 35.1 Å². The Morgan fingerprint density at radius 3 is 2.42 bits per heavy atom. The molecule has 0 bridgehead atoms. The summed E-state index contributed by atoms with van der Waals surface area (Å²) in [6.45, 7) is 6.10. The van der Waals surface area contributed by atoms with Crippen molar-refractivity contribution in [2.24, 2.45) is 5.92 Å². The number of rotatable bonds is 7. The molecule has 2 fully saturated rings. The molecule has 2 aromatic rings.